The summed E-state index contributed by atoms with van der Waals surface area (Å²) in [5.41, 5.74) is 9.48. The molecule has 2 aromatic carbocycles. The molecular formula is C22H28N2O4. The van der Waals surface area contributed by atoms with E-state index in [0.29, 0.717) is 40.5 Å². The number of carbonyl (C=O) groups is 1. The molecule has 0 radical (unpaired) electrons. The number of hydrogen-bond acceptors (Lipinski definition) is 6. The van der Waals surface area contributed by atoms with Crippen LogP contribution >= 0.6 is 0 Å². The SMILES string of the molecule is CC/C(=C\c1cc(OC)c(OC)cc1OC)C(=O)c1ccc(N(C)C)c(N)c1. The van der Waals surface area contributed by atoms with Crippen molar-refractivity contribution >= 4 is 23.2 Å². The number of ketones is 1. The van der Waals surface area contributed by atoms with Gasteiger partial charge in [-0.25, -0.2) is 0 Å². The third kappa shape index (κ3) is 4.39. The molecule has 2 rings (SSSR count). The van der Waals surface area contributed by atoms with Gasteiger partial charge in [-0.3, -0.25) is 4.79 Å². The maximum atomic E-state index is 13.1. The molecule has 0 aliphatic rings. The number of nitrogens with zero attached hydrogens (tertiary/aromatic N) is 1. The molecule has 6 heteroatoms. The molecule has 0 saturated heterocycles. The van der Waals surface area contributed by atoms with Gasteiger partial charge < -0.3 is 24.8 Å². The summed E-state index contributed by atoms with van der Waals surface area (Å²) in [6.45, 7) is 1.94. The standard InChI is InChI=1S/C22H28N2O4/c1-7-14(22(25)15-8-9-18(24(2)3)17(23)11-15)10-16-12-20(27-5)21(28-6)13-19(16)26-4/h8-13H,7,23H2,1-6H3/b14-10+. The summed E-state index contributed by atoms with van der Waals surface area (Å²) >= 11 is 0. The molecule has 0 aliphatic carbocycles. The molecule has 0 atom stereocenters. The van der Waals surface area contributed by atoms with E-state index in [-0.39, 0.29) is 5.78 Å². The van der Waals surface area contributed by atoms with Crippen molar-refractivity contribution in [2.75, 3.05) is 46.1 Å². The average Bonchev–Trinajstić information content (AvgIpc) is 2.70. The fourth-order valence-corrected chi connectivity index (χ4v) is 2.97. The number of carbonyl (C=O) groups excluding carboxylic acids is 1. The van der Waals surface area contributed by atoms with Gasteiger partial charge in [0.05, 0.1) is 32.7 Å². The molecular weight excluding hydrogens is 356 g/mol. The number of benzene rings is 2. The topological polar surface area (TPSA) is 74.0 Å². The van der Waals surface area contributed by atoms with Crippen LogP contribution in [0.25, 0.3) is 6.08 Å². The van der Waals surface area contributed by atoms with Crippen molar-refractivity contribution in [3.05, 3.63) is 47.0 Å². The second kappa shape index (κ2) is 9.17. The van der Waals surface area contributed by atoms with Crippen molar-refractivity contribution in [2.24, 2.45) is 0 Å². The number of nitrogens with two attached hydrogens (primary N) is 1. The van der Waals surface area contributed by atoms with E-state index in [1.165, 1.54) is 0 Å². The molecule has 0 unspecified atom stereocenters. The number of methoxy groups -OCH3 is 3. The van der Waals surface area contributed by atoms with Crippen molar-refractivity contribution in [2.45, 2.75) is 13.3 Å². The van der Waals surface area contributed by atoms with Gasteiger partial charge in [0.25, 0.3) is 0 Å². The predicted molar refractivity (Wildman–Crippen MR) is 114 cm³/mol. The number of ether oxygens (including phenoxy) is 3. The van der Waals surface area contributed by atoms with Gasteiger partial charge in [0.1, 0.15) is 5.75 Å². The third-order valence-corrected chi connectivity index (χ3v) is 4.51. The van der Waals surface area contributed by atoms with Crippen LogP contribution in [0.15, 0.2) is 35.9 Å². The molecule has 0 bridgehead atoms. The minimum absolute atomic E-state index is 0.0728. The summed E-state index contributed by atoms with van der Waals surface area (Å²) in [6, 6.07) is 8.90. The Morgan fingerprint density at radius 2 is 1.61 bits per heavy atom. The van der Waals surface area contributed by atoms with Crippen molar-refractivity contribution in [1.82, 2.24) is 0 Å². The molecule has 0 saturated carbocycles. The summed E-state index contributed by atoms with van der Waals surface area (Å²) in [7, 11) is 8.53. The van der Waals surface area contributed by atoms with Gasteiger partial charge in [0, 0.05) is 36.9 Å². The largest absolute Gasteiger partial charge is 0.496 e. The minimum Gasteiger partial charge on any atom is -0.496 e. The lowest BCUT2D eigenvalue weighted by Crippen LogP contribution is -2.12. The molecule has 6 nitrogen and oxygen atoms in total. The van der Waals surface area contributed by atoms with Crippen LogP contribution in [0, 0.1) is 0 Å². The van der Waals surface area contributed by atoms with Crippen LogP contribution < -0.4 is 24.8 Å². The van der Waals surface area contributed by atoms with Gasteiger partial charge in [-0.1, -0.05) is 6.92 Å². The first-order chi connectivity index (χ1) is 13.4. The van der Waals surface area contributed by atoms with Gasteiger partial charge in [0.2, 0.25) is 0 Å². The van der Waals surface area contributed by atoms with E-state index >= 15 is 0 Å². The summed E-state index contributed by atoms with van der Waals surface area (Å²) in [6.07, 6.45) is 2.38. The number of rotatable bonds is 8. The normalized spacial score (nSPS) is 11.1. The Bertz CT molecular complexity index is 888. The summed E-state index contributed by atoms with van der Waals surface area (Å²) in [4.78, 5) is 15.0. The van der Waals surface area contributed by atoms with Crippen molar-refractivity contribution in [1.29, 1.82) is 0 Å². The zero-order valence-electron chi connectivity index (χ0n) is 17.3. The molecule has 2 N–H and O–H groups in total. The third-order valence-electron chi connectivity index (χ3n) is 4.51. The first-order valence-electron chi connectivity index (χ1n) is 8.98. The van der Waals surface area contributed by atoms with Gasteiger partial charge in [-0.2, -0.15) is 0 Å². The van der Waals surface area contributed by atoms with Crippen molar-refractivity contribution in [3.8, 4) is 17.2 Å². The van der Waals surface area contributed by atoms with E-state index in [1.54, 1.807) is 45.6 Å². The number of Topliss-reactive ketones (excluding diaryl/α,β-unsaturated/α-hetero) is 1. The van der Waals surface area contributed by atoms with Crippen LogP contribution in [0.3, 0.4) is 0 Å². The van der Waals surface area contributed by atoms with Crippen LogP contribution in [0.1, 0.15) is 29.3 Å². The van der Waals surface area contributed by atoms with Crippen molar-refractivity contribution in [3.63, 3.8) is 0 Å². The van der Waals surface area contributed by atoms with Crippen LogP contribution in [0.4, 0.5) is 11.4 Å². The summed E-state index contributed by atoms with van der Waals surface area (Å²) in [5.74, 6) is 1.65. The van der Waals surface area contributed by atoms with Crippen LogP contribution in [-0.4, -0.2) is 41.2 Å². The molecule has 0 aliphatic heterocycles. The second-order valence-corrected chi connectivity index (χ2v) is 6.47. The molecule has 28 heavy (non-hydrogen) atoms. The van der Waals surface area contributed by atoms with E-state index in [9.17, 15) is 4.79 Å². The van der Waals surface area contributed by atoms with Gasteiger partial charge in [0.15, 0.2) is 17.3 Å². The van der Waals surface area contributed by atoms with Crippen LogP contribution in [-0.2, 0) is 0 Å². The monoisotopic (exact) mass is 384 g/mol. The lowest BCUT2D eigenvalue weighted by Gasteiger charge is -2.16. The quantitative estimate of drug-likeness (QED) is 0.421. The number of nitrogen functional groups attached to an aromatic ring is 1. The molecule has 0 fully saturated rings. The lowest BCUT2D eigenvalue weighted by atomic mass is 9.97. The first kappa shape index (κ1) is 21.2. The van der Waals surface area contributed by atoms with Crippen LogP contribution in [0.2, 0.25) is 0 Å². The zero-order chi connectivity index (χ0) is 20.8. The zero-order valence-corrected chi connectivity index (χ0v) is 17.3. The highest BCUT2D eigenvalue weighted by atomic mass is 16.5. The van der Waals surface area contributed by atoms with Gasteiger partial charge >= 0.3 is 0 Å². The summed E-state index contributed by atoms with van der Waals surface area (Å²) < 4.78 is 16.1. The Hall–Kier alpha value is -3.15. The van der Waals surface area contributed by atoms with Gasteiger partial charge in [-0.15, -0.1) is 0 Å². The summed E-state index contributed by atoms with van der Waals surface area (Å²) in [5, 5.41) is 0. The van der Waals surface area contributed by atoms with Crippen molar-refractivity contribution < 1.29 is 19.0 Å². The number of hydrogen-bond donors (Lipinski definition) is 1. The Morgan fingerprint density at radius 3 is 2.11 bits per heavy atom. The van der Waals surface area contributed by atoms with E-state index in [1.807, 2.05) is 38.1 Å². The van der Waals surface area contributed by atoms with E-state index < -0.39 is 0 Å². The maximum Gasteiger partial charge on any atom is 0.189 e. The molecule has 150 valence electrons. The molecule has 2 aromatic rings. The van der Waals surface area contributed by atoms with Crippen LogP contribution in [0.5, 0.6) is 17.2 Å². The first-order valence-corrected chi connectivity index (χ1v) is 8.98. The Morgan fingerprint density at radius 1 is 1.00 bits per heavy atom. The lowest BCUT2D eigenvalue weighted by molar-refractivity contribution is 0.103. The fourth-order valence-electron chi connectivity index (χ4n) is 2.97. The Balaban J connectivity index is 2.48. The molecule has 0 spiro atoms. The van der Waals surface area contributed by atoms with E-state index in [2.05, 4.69) is 0 Å². The van der Waals surface area contributed by atoms with E-state index in [0.717, 1.165) is 11.3 Å². The maximum absolute atomic E-state index is 13.1. The number of allylic oxidation sites excluding steroid dienone is 1. The highest BCUT2D eigenvalue weighted by molar-refractivity contribution is 6.12. The molecule has 0 heterocycles. The Kier molecular flexibility index (Phi) is 6.93. The average molecular weight is 384 g/mol. The smallest absolute Gasteiger partial charge is 0.189 e. The predicted octanol–water partition coefficient (Wildman–Crippen LogP) is 4.04. The highest BCUT2D eigenvalue weighted by Crippen LogP contribution is 2.36. The number of anilines is 2. The highest BCUT2D eigenvalue weighted by Gasteiger charge is 2.16. The van der Waals surface area contributed by atoms with Gasteiger partial charge in [-0.05, 0) is 36.8 Å². The molecule has 0 amide bonds. The molecule has 0 aromatic heterocycles. The fraction of sp³-hybridized carbons (Fsp3) is 0.318. The van der Waals surface area contributed by atoms with E-state index in [4.69, 9.17) is 19.9 Å². The Labute approximate surface area is 166 Å². The second-order valence-electron chi connectivity index (χ2n) is 6.47. The minimum atomic E-state index is -0.0728.